The van der Waals surface area contributed by atoms with Gasteiger partial charge in [0, 0.05) is 30.2 Å². The van der Waals surface area contributed by atoms with Gasteiger partial charge in [-0.1, -0.05) is 0 Å². The summed E-state index contributed by atoms with van der Waals surface area (Å²) in [7, 11) is 0. The van der Waals surface area contributed by atoms with Crippen molar-refractivity contribution in [3.8, 4) is 10.6 Å². The first-order chi connectivity index (χ1) is 11.3. The molecule has 0 aliphatic carbocycles. The second-order valence-electron chi connectivity index (χ2n) is 5.02. The van der Waals surface area contributed by atoms with Crippen molar-refractivity contribution in [2.75, 3.05) is 18.4 Å². The van der Waals surface area contributed by atoms with Gasteiger partial charge < -0.3 is 4.90 Å². The minimum atomic E-state index is -4.48. The van der Waals surface area contributed by atoms with Crippen molar-refractivity contribution < 1.29 is 18.0 Å². The van der Waals surface area contributed by atoms with Crippen molar-refractivity contribution in [2.24, 2.45) is 0 Å². The van der Waals surface area contributed by atoms with Crippen molar-refractivity contribution in [3.63, 3.8) is 0 Å². The first-order valence-electron chi connectivity index (χ1n) is 7.31. The van der Waals surface area contributed by atoms with Gasteiger partial charge >= 0.3 is 12.2 Å². The molecule has 0 aliphatic rings. The van der Waals surface area contributed by atoms with Gasteiger partial charge in [0.1, 0.15) is 10.8 Å². The summed E-state index contributed by atoms with van der Waals surface area (Å²) in [5.41, 5.74) is 0.270. The number of carbonyl (C=O) groups excluding carboxylic acids is 1. The highest BCUT2D eigenvalue weighted by Crippen LogP contribution is 2.35. The standard InChI is InChI=1S/C15H17F3N4OS/c1-4-22(5-2)14(23)21-12-6-10(9(3)7-19-12)13-20-11(8-24-13)15(16,17)18/h6-8H,4-5H2,1-3H3,(H,19,21,23). The molecule has 5 nitrogen and oxygen atoms in total. The van der Waals surface area contributed by atoms with Crippen LogP contribution >= 0.6 is 11.3 Å². The summed E-state index contributed by atoms with van der Waals surface area (Å²) >= 11 is 0.905. The van der Waals surface area contributed by atoms with Gasteiger partial charge in [-0.15, -0.1) is 11.3 Å². The summed E-state index contributed by atoms with van der Waals surface area (Å²) in [5.74, 6) is 0.274. The molecular formula is C15H17F3N4OS. The Morgan fingerprint density at radius 1 is 1.33 bits per heavy atom. The SMILES string of the molecule is CCN(CC)C(=O)Nc1cc(-c2nc(C(F)(F)F)cs2)c(C)cn1. The number of nitrogens with one attached hydrogen (secondary N) is 1. The molecule has 0 bridgehead atoms. The second kappa shape index (κ2) is 7.16. The zero-order valence-corrected chi connectivity index (χ0v) is 14.3. The molecule has 0 radical (unpaired) electrons. The Bertz CT molecular complexity index is 726. The molecular weight excluding hydrogens is 341 g/mol. The lowest BCUT2D eigenvalue weighted by Crippen LogP contribution is -2.34. The normalized spacial score (nSPS) is 11.4. The minimum Gasteiger partial charge on any atom is -0.325 e. The predicted octanol–water partition coefficient (Wildman–Crippen LogP) is 4.41. The molecule has 0 aliphatic heterocycles. The zero-order valence-electron chi connectivity index (χ0n) is 13.4. The van der Waals surface area contributed by atoms with Crippen LogP contribution in [0.15, 0.2) is 17.6 Å². The molecule has 1 N–H and O–H groups in total. The van der Waals surface area contributed by atoms with Crippen molar-refractivity contribution in [3.05, 3.63) is 28.9 Å². The number of pyridine rings is 1. The van der Waals surface area contributed by atoms with Crippen LogP contribution in [0.5, 0.6) is 0 Å². The predicted molar refractivity (Wildman–Crippen MR) is 87.0 cm³/mol. The van der Waals surface area contributed by atoms with Gasteiger partial charge in [0.15, 0.2) is 5.69 Å². The number of hydrogen-bond donors (Lipinski definition) is 1. The molecule has 0 atom stereocenters. The second-order valence-corrected chi connectivity index (χ2v) is 5.88. The molecule has 0 fully saturated rings. The van der Waals surface area contributed by atoms with E-state index in [1.165, 1.54) is 12.3 Å². The molecule has 0 saturated carbocycles. The van der Waals surface area contributed by atoms with E-state index in [-0.39, 0.29) is 16.9 Å². The average Bonchev–Trinajstić information content (AvgIpc) is 3.00. The van der Waals surface area contributed by atoms with E-state index < -0.39 is 11.9 Å². The van der Waals surface area contributed by atoms with Crippen LogP contribution in [-0.2, 0) is 6.18 Å². The summed E-state index contributed by atoms with van der Waals surface area (Å²) in [4.78, 5) is 21.4. The fraction of sp³-hybridized carbons (Fsp3) is 0.400. The Kier molecular flexibility index (Phi) is 5.43. The number of hydrogen-bond acceptors (Lipinski definition) is 4. The van der Waals surface area contributed by atoms with E-state index in [0.29, 0.717) is 24.2 Å². The summed E-state index contributed by atoms with van der Waals surface area (Å²) in [6, 6.07) is 1.23. The van der Waals surface area contributed by atoms with E-state index in [1.807, 2.05) is 13.8 Å². The van der Waals surface area contributed by atoms with E-state index >= 15 is 0 Å². The number of aromatic nitrogens is 2. The smallest absolute Gasteiger partial charge is 0.325 e. The van der Waals surface area contributed by atoms with Gasteiger partial charge in [-0.3, -0.25) is 5.32 Å². The van der Waals surface area contributed by atoms with Crippen LogP contribution in [0.2, 0.25) is 0 Å². The molecule has 0 saturated heterocycles. The number of urea groups is 1. The number of alkyl halides is 3. The van der Waals surface area contributed by atoms with Gasteiger partial charge in [-0.25, -0.2) is 14.8 Å². The number of aryl methyl sites for hydroxylation is 1. The van der Waals surface area contributed by atoms with Crippen LogP contribution in [0.4, 0.5) is 23.8 Å². The number of carbonyl (C=O) groups is 1. The molecule has 2 aromatic heterocycles. The van der Waals surface area contributed by atoms with Crippen molar-refractivity contribution >= 4 is 23.2 Å². The maximum atomic E-state index is 12.7. The monoisotopic (exact) mass is 358 g/mol. The summed E-state index contributed by atoms with van der Waals surface area (Å²) in [6.07, 6.45) is -2.97. The third-order valence-corrected chi connectivity index (χ3v) is 4.29. The number of halogens is 3. The number of thiazole rings is 1. The Balaban J connectivity index is 2.29. The molecule has 2 aromatic rings. The van der Waals surface area contributed by atoms with Crippen molar-refractivity contribution in [1.29, 1.82) is 0 Å². The summed E-state index contributed by atoms with van der Waals surface area (Å²) in [5, 5.41) is 3.86. The highest BCUT2D eigenvalue weighted by atomic mass is 32.1. The maximum absolute atomic E-state index is 12.7. The van der Waals surface area contributed by atoms with Gasteiger partial charge in [0.05, 0.1) is 0 Å². The summed E-state index contributed by atoms with van der Waals surface area (Å²) in [6.45, 7) is 6.52. The van der Waals surface area contributed by atoms with Crippen molar-refractivity contribution in [2.45, 2.75) is 26.9 Å². The molecule has 2 amide bonds. The van der Waals surface area contributed by atoms with E-state index in [1.54, 1.807) is 11.8 Å². The van der Waals surface area contributed by atoms with Crippen LogP contribution in [0.3, 0.4) is 0 Å². The van der Waals surface area contributed by atoms with Crippen LogP contribution in [0.1, 0.15) is 25.1 Å². The zero-order chi connectivity index (χ0) is 17.9. The molecule has 2 heterocycles. The van der Waals surface area contributed by atoms with Gasteiger partial charge in [-0.2, -0.15) is 13.2 Å². The molecule has 0 aromatic carbocycles. The molecule has 24 heavy (non-hydrogen) atoms. The van der Waals surface area contributed by atoms with Gasteiger partial charge in [0.25, 0.3) is 0 Å². The van der Waals surface area contributed by atoms with E-state index in [2.05, 4.69) is 15.3 Å². The quantitative estimate of drug-likeness (QED) is 0.881. The fourth-order valence-electron chi connectivity index (χ4n) is 2.05. The lowest BCUT2D eigenvalue weighted by atomic mass is 10.1. The topological polar surface area (TPSA) is 58.1 Å². The van der Waals surface area contributed by atoms with Crippen LogP contribution < -0.4 is 5.32 Å². The largest absolute Gasteiger partial charge is 0.434 e. The van der Waals surface area contributed by atoms with Crippen LogP contribution in [0.25, 0.3) is 10.6 Å². The van der Waals surface area contributed by atoms with Crippen LogP contribution in [-0.4, -0.2) is 34.0 Å². The third-order valence-electron chi connectivity index (χ3n) is 3.41. The number of anilines is 1. The van der Waals surface area contributed by atoms with Crippen LogP contribution in [0, 0.1) is 6.92 Å². The van der Waals surface area contributed by atoms with E-state index in [4.69, 9.17) is 0 Å². The molecule has 2 rings (SSSR count). The van der Waals surface area contributed by atoms with Gasteiger partial charge in [-0.05, 0) is 32.4 Å². The first-order valence-corrected chi connectivity index (χ1v) is 8.19. The number of rotatable bonds is 4. The lowest BCUT2D eigenvalue weighted by molar-refractivity contribution is -0.140. The Morgan fingerprint density at radius 3 is 2.54 bits per heavy atom. The first kappa shape index (κ1) is 18.2. The Hall–Kier alpha value is -2.16. The number of amides is 2. The van der Waals surface area contributed by atoms with E-state index in [0.717, 1.165) is 16.7 Å². The molecule has 130 valence electrons. The lowest BCUT2D eigenvalue weighted by Gasteiger charge is -2.19. The Morgan fingerprint density at radius 2 is 2.00 bits per heavy atom. The number of nitrogens with zero attached hydrogens (tertiary/aromatic N) is 3. The highest BCUT2D eigenvalue weighted by molar-refractivity contribution is 7.13. The summed E-state index contributed by atoms with van der Waals surface area (Å²) < 4.78 is 38.1. The third kappa shape index (κ3) is 4.02. The van der Waals surface area contributed by atoms with Gasteiger partial charge in [0.2, 0.25) is 0 Å². The molecule has 9 heteroatoms. The Labute approximate surface area is 141 Å². The molecule has 0 spiro atoms. The highest BCUT2D eigenvalue weighted by Gasteiger charge is 2.34. The average molecular weight is 358 g/mol. The fourth-order valence-corrected chi connectivity index (χ4v) is 2.96. The molecule has 0 unspecified atom stereocenters. The van der Waals surface area contributed by atoms with E-state index in [9.17, 15) is 18.0 Å². The van der Waals surface area contributed by atoms with Crippen molar-refractivity contribution in [1.82, 2.24) is 14.9 Å². The minimum absolute atomic E-state index is 0.237. The maximum Gasteiger partial charge on any atom is 0.434 e.